The molecule has 4 heteroatoms. The Balaban J connectivity index is 2.50. The van der Waals surface area contributed by atoms with Gasteiger partial charge in [0.1, 0.15) is 0 Å². The molecule has 56 valence electrons. The summed E-state index contributed by atoms with van der Waals surface area (Å²) in [6, 6.07) is 3.88. The Morgan fingerprint density at radius 2 is 2.17 bits per heavy atom. The van der Waals surface area contributed by atoms with Crippen LogP contribution in [0.1, 0.15) is 5.56 Å². The van der Waals surface area contributed by atoms with Crippen LogP contribution in [0.2, 0.25) is 0 Å². The van der Waals surface area contributed by atoms with E-state index >= 15 is 0 Å². The Morgan fingerprint density at radius 3 is 3.17 bits per heavy atom. The van der Waals surface area contributed by atoms with Crippen LogP contribution in [0.3, 0.4) is 0 Å². The van der Waals surface area contributed by atoms with Crippen LogP contribution >= 0.6 is 0 Å². The topological polar surface area (TPSA) is 49.4 Å². The Kier molecular flexibility index (Phi) is 0.889. The molecule has 2 heterocycles. The quantitative estimate of drug-likeness (QED) is 0.525. The second-order valence-corrected chi connectivity index (χ2v) is 2.66. The van der Waals surface area contributed by atoms with E-state index in [1.807, 2.05) is 12.1 Å². The van der Waals surface area contributed by atoms with Gasteiger partial charge in [-0.05, 0) is 12.1 Å². The smallest absolute Gasteiger partial charge is 0.0967 e. The molecule has 0 spiro atoms. The average molecular weight is 156 g/mol. The van der Waals surface area contributed by atoms with Crippen molar-refractivity contribution >= 4 is 18.1 Å². The SMILES string of the molecule is C1=NN=c2cc3c(cc21)=CN=N3. The van der Waals surface area contributed by atoms with Crippen molar-refractivity contribution < 1.29 is 0 Å². The highest BCUT2D eigenvalue weighted by Crippen LogP contribution is 2.09. The zero-order valence-electron chi connectivity index (χ0n) is 6.10. The third-order valence-electron chi connectivity index (χ3n) is 1.90. The predicted molar refractivity (Wildman–Crippen MR) is 43.8 cm³/mol. The summed E-state index contributed by atoms with van der Waals surface area (Å²) in [6.07, 6.45) is 3.48. The maximum Gasteiger partial charge on any atom is 0.0967 e. The molecular weight excluding hydrogens is 152 g/mol. The first-order chi connectivity index (χ1) is 5.93. The monoisotopic (exact) mass is 156 g/mol. The van der Waals surface area contributed by atoms with Crippen LogP contribution in [-0.2, 0) is 0 Å². The molecule has 12 heavy (non-hydrogen) atoms. The van der Waals surface area contributed by atoms with Crippen LogP contribution in [0.4, 0.5) is 5.69 Å². The summed E-state index contributed by atoms with van der Waals surface area (Å²) in [4.78, 5) is 0. The molecule has 0 amide bonds. The summed E-state index contributed by atoms with van der Waals surface area (Å²) in [5, 5.41) is 17.4. The lowest BCUT2D eigenvalue weighted by molar-refractivity contribution is 1.17. The van der Waals surface area contributed by atoms with E-state index in [1.165, 1.54) is 0 Å². The Bertz CT molecular complexity index is 475. The van der Waals surface area contributed by atoms with E-state index in [2.05, 4.69) is 20.4 Å². The number of hydrogen-bond donors (Lipinski definition) is 0. The van der Waals surface area contributed by atoms with Crippen molar-refractivity contribution in [2.75, 3.05) is 0 Å². The summed E-state index contributed by atoms with van der Waals surface area (Å²) >= 11 is 0. The third kappa shape index (κ3) is 0.611. The molecule has 0 saturated carbocycles. The number of fused-ring (bicyclic) bond motifs is 2. The number of azo groups is 1. The van der Waals surface area contributed by atoms with E-state index in [9.17, 15) is 0 Å². The van der Waals surface area contributed by atoms with E-state index in [1.54, 1.807) is 12.4 Å². The van der Waals surface area contributed by atoms with Crippen LogP contribution in [-0.4, -0.2) is 6.21 Å². The molecule has 2 aliphatic heterocycles. The Labute approximate surface area is 67.7 Å². The van der Waals surface area contributed by atoms with Crippen molar-refractivity contribution in [1.29, 1.82) is 0 Å². The van der Waals surface area contributed by atoms with E-state index in [0.29, 0.717) is 0 Å². The van der Waals surface area contributed by atoms with Crippen molar-refractivity contribution in [2.45, 2.75) is 0 Å². The molecule has 2 aliphatic rings. The number of hydrogen-bond acceptors (Lipinski definition) is 4. The minimum Gasteiger partial charge on any atom is -0.158 e. The minimum atomic E-state index is 0.878. The first-order valence-corrected chi connectivity index (χ1v) is 3.60. The highest BCUT2D eigenvalue weighted by atomic mass is 15.2. The molecule has 0 radical (unpaired) electrons. The summed E-state index contributed by atoms with van der Waals surface area (Å²) < 4.78 is 0. The average Bonchev–Trinajstić information content (AvgIpc) is 2.64. The van der Waals surface area contributed by atoms with Crippen LogP contribution < -0.4 is 10.6 Å². The first kappa shape index (κ1) is 5.77. The Hall–Kier alpha value is -1.84. The van der Waals surface area contributed by atoms with Gasteiger partial charge < -0.3 is 0 Å². The fourth-order valence-corrected chi connectivity index (χ4v) is 1.30. The second kappa shape index (κ2) is 1.85. The summed E-state index contributed by atoms with van der Waals surface area (Å²) in [5.74, 6) is 0. The van der Waals surface area contributed by atoms with Gasteiger partial charge in [-0.25, -0.2) is 0 Å². The van der Waals surface area contributed by atoms with Gasteiger partial charge in [0.25, 0.3) is 0 Å². The number of nitrogens with zero attached hydrogens (tertiary/aromatic N) is 4. The van der Waals surface area contributed by atoms with Gasteiger partial charge in [-0.1, -0.05) is 0 Å². The van der Waals surface area contributed by atoms with E-state index < -0.39 is 0 Å². The van der Waals surface area contributed by atoms with Gasteiger partial charge in [-0.2, -0.15) is 20.4 Å². The predicted octanol–water partition coefficient (Wildman–Crippen LogP) is 0.489. The number of rotatable bonds is 0. The molecule has 1 aromatic rings. The molecule has 3 rings (SSSR count). The molecule has 4 nitrogen and oxygen atoms in total. The molecule has 0 saturated heterocycles. The molecule has 0 atom stereocenters. The largest absolute Gasteiger partial charge is 0.158 e. The summed E-state index contributed by atoms with van der Waals surface area (Å²) in [7, 11) is 0. The second-order valence-electron chi connectivity index (χ2n) is 2.66. The first-order valence-electron chi connectivity index (χ1n) is 3.60. The van der Waals surface area contributed by atoms with Crippen LogP contribution in [0.25, 0.3) is 6.20 Å². The van der Waals surface area contributed by atoms with Crippen molar-refractivity contribution in [3.63, 3.8) is 0 Å². The summed E-state index contributed by atoms with van der Waals surface area (Å²) in [6.45, 7) is 0. The molecule has 1 aromatic carbocycles. The lowest BCUT2D eigenvalue weighted by atomic mass is 10.2. The summed E-state index contributed by atoms with van der Waals surface area (Å²) in [5.41, 5.74) is 1.92. The van der Waals surface area contributed by atoms with Gasteiger partial charge in [0, 0.05) is 10.8 Å². The van der Waals surface area contributed by atoms with E-state index in [-0.39, 0.29) is 0 Å². The third-order valence-corrected chi connectivity index (χ3v) is 1.90. The minimum absolute atomic E-state index is 0.878. The lowest BCUT2D eigenvalue weighted by Crippen LogP contribution is -2.11. The standard InChI is InChI=1S/C8H4N4/c1-5-3-9-11-7(5)2-8-6(1)4-10-12-8/h1-4H. The molecule has 0 aliphatic carbocycles. The zero-order valence-corrected chi connectivity index (χ0v) is 6.10. The fraction of sp³-hybridized carbons (Fsp3) is 0. The van der Waals surface area contributed by atoms with Crippen molar-refractivity contribution in [1.82, 2.24) is 0 Å². The fourth-order valence-electron chi connectivity index (χ4n) is 1.30. The lowest BCUT2D eigenvalue weighted by Gasteiger charge is -1.89. The highest BCUT2D eigenvalue weighted by Gasteiger charge is 2.05. The molecule has 0 unspecified atom stereocenters. The van der Waals surface area contributed by atoms with Gasteiger partial charge >= 0.3 is 0 Å². The van der Waals surface area contributed by atoms with Gasteiger partial charge in [0.2, 0.25) is 0 Å². The van der Waals surface area contributed by atoms with Gasteiger partial charge in [-0.3, -0.25) is 0 Å². The Morgan fingerprint density at radius 1 is 1.17 bits per heavy atom. The normalized spacial score (nSPS) is 15.3. The zero-order chi connectivity index (χ0) is 7.97. The van der Waals surface area contributed by atoms with Gasteiger partial charge in [0.05, 0.1) is 23.5 Å². The molecule has 0 aromatic heterocycles. The van der Waals surface area contributed by atoms with Crippen LogP contribution in [0.15, 0.2) is 32.6 Å². The van der Waals surface area contributed by atoms with Gasteiger partial charge in [-0.15, -0.1) is 0 Å². The van der Waals surface area contributed by atoms with Crippen LogP contribution in [0.5, 0.6) is 0 Å². The van der Waals surface area contributed by atoms with Gasteiger partial charge in [0.15, 0.2) is 0 Å². The highest BCUT2D eigenvalue weighted by molar-refractivity contribution is 5.81. The van der Waals surface area contributed by atoms with Crippen LogP contribution in [0, 0.1) is 0 Å². The molecular formula is C8H4N4. The number of benzene rings is 1. The van der Waals surface area contributed by atoms with Crippen molar-refractivity contribution in [3.05, 3.63) is 28.3 Å². The molecule has 0 bridgehead atoms. The molecule has 0 N–H and O–H groups in total. The van der Waals surface area contributed by atoms with E-state index in [0.717, 1.165) is 21.8 Å². The van der Waals surface area contributed by atoms with E-state index in [4.69, 9.17) is 0 Å². The maximum absolute atomic E-state index is 3.93. The molecule has 0 fully saturated rings. The van der Waals surface area contributed by atoms with Crippen molar-refractivity contribution in [3.8, 4) is 0 Å². The van der Waals surface area contributed by atoms with Crippen molar-refractivity contribution in [2.24, 2.45) is 20.4 Å². The maximum atomic E-state index is 3.93.